The Labute approximate surface area is 173 Å². The lowest BCUT2D eigenvalue weighted by molar-refractivity contribution is -0.928. The number of rotatable bonds is 19. The Balaban J connectivity index is 2.00. The first-order valence-corrected chi connectivity index (χ1v) is 11.7. The van der Waals surface area contributed by atoms with E-state index < -0.39 is 6.29 Å². The van der Waals surface area contributed by atoms with Gasteiger partial charge in [0.15, 0.2) is 0 Å². The number of aliphatic hydroxyl groups excluding tert-OH is 1. The van der Waals surface area contributed by atoms with Crippen LogP contribution in [-0.2, 0) is 6.54 Å². The van der Waals surface area contributed by atoms with Gasteiger partial charge < -0.3 is 19.7 Å². The molecule has 164 valence electrons. The second-order valence-electron chi connectivity index (χ2n) is 8.84. The molecule has 0 spiro atoms. The fourth-order valence-electron chi connectivity index (χ4n) is 4.10. The summed E-state index contributed by atoms with van der Waals surface area (Å²) >= 11 is 0. The molecule has 0 aliphatic carbocycles. The second-order valence-corrected chi connectivity index (χ2v) is 8.84. The maximum Gasteiger partial charge on any atom is 0.202 e. The number of imidazole rings is 1. The zero-order chi connectivity index (χ0) is 20.5. The quantitative estimate of drug-likeness (QED) is 0.172. The van der Waals surface area contributed by atoms with E-state index in [1.807, 2.05) is 6.20 Å². The van der Waals surface area contributed by atoms with Gasteiger partial charge in [0.05, 0.1) is 31.8 Å². The van der Waals surface area contributed by atoms with Crippen LogP contribution in [0.5, 0.6) is 0 Å². The normalized spacial score (nSPS) is 13.9. The minimum atomic E-state index is -1.26. The molecule has 28 heavy (non-hydrogen) atoms. The number of hydrogen-bond donors (Lipinski definition) is 3. The minimum absolute atomic E-state index is 0.359. The van der Waals surface area contributed by atoms with Gasteiger partial charge in [-0.3, -0.25) is 0 Å². The van der Waals surface area contributed by atoms with Crippen LogP contribution in [0, 0.1) is 0 Å². The van der Waals surface area contributed by atoms with Gasteiger partial charge in [0.1, 0.15) is 13.1 Å². The van der Waals surface area contributed by atoms with Gasteiger partial charge >= 0.3 is 0 Å². The molecule has 3 N–H and O–H groups in total. The van der Waals surface area contributed by atoms with Crippen LogP contribution in [0.3, 0.4) is 0 Å². The highest BCUT2D eigenvalue weighted by atomic mass is 16.5. The molecule has 0 aromatic carbocycles. The molecular formula is C23H46N3O2+. The summed E-state index contributed by atoms with van der Waals surface area (Å²) < 4.78 is 0.637. The molecule has 0 bridgehead atoms. The lowest BCUT2D eigenvalue weighted by Gasteiger charge is -2.34. The number of nitrogens with zero attached hydrogens (tertiary/aromatic N) is 2. The van der Waals surface area contributed by atoms with Crippen LogP contribution in [0.4, 0.5) is 0 Å². The van der Waals surface area contributed by atoms with Crippen molar-refractivity contribution in [1.29, 1.82) is 0 Å². The first-order valence-electron chi connectivity index (χ1n) is 11.7. The summed E-state index contributed by atoms with van der Waals surface area (Å²) in [5.41, 5.74) is 1.05. The molecule has 0 saturated heterocycles. The number of hydrogen-bond acceptors (Lipinski definition) is 3. The number of quaternary nitrogens is 1. The molecular weight excluding hydrogens is 350 g/mol. The molecule has 0 saturated carbocycles. The number of aromatic amines is 1. The Bertz CT molecular complexity index is 451. The van der Waals surface area contributed by atoms with E-state index in [0.717, 1.165) is 25.2 Å². The molecule has 0 radical (unpaired) electrons. The summed E-state index contributed by atoms with van der Waals surface area (Å²) in [6.45, 7) is 4.36. The van der Waals surface area contributed by atoms with E-state index >= 15 is 0 Å². The van der Waals surface area contributed by atoms with Crippen molar-refractivity contribution in [2.75, 3.05) is 20.1 Å². The van der Waals surface area contributed by atoms with Crippen molar-refractivity contribution in [3.63, 3.8) is 0 Å². The van der Waals surface area contributed by atoms with Crippen molar-refractivity contribution in [3.8, 4) is 0 Å². The van der Waals surface area contributed by atoms with Crippen LogP contribution in [0.15, 0.2) is 12.5 Å². The van der Waals surface area contributed by atoms with Crippen LogP contribution < -0.4 is 0 Å². The van der Waals surface area contributed by atoms with Crippen molar-refractivity contribution in [2.24, 2.45) is 0 Å². The van der Waals surface area contributed by atoms with E-state index in [2.05, 4.69) is 23.9 Å². The fraction of sp³-hybridized carbons (Fsp3) is 0.870. The standard InChI is InChI=1S/C23H46N3O2/c1-3-4-5-6-7-8-9-10-11-12-13-14-15-16-17-26(2,20-23(27)28)19-22-18-24-21-25-22/h18,21,23,27-28H,3-17,19-20H2,1-2H3,(H,24,25)/q+1. The second kappa shape index (κ2) is 15.9. The van der Waals surface area contributed by atoms with Crippen molar-refractivity contribution in [2.45, 2.75) is 110 Å². The molecule has 1 atom stereocenters. The molecule has 5 heteroatoms. The lowest BCUT2D eigenvalue weighted by Crippen LogP contribution is -2.48. The molecule has 0 aliphatic heterocycles. The van der Waals surface area contributed by atoms with Crippen molar-refractivity contribution >= 4 is 0 Å². The van der Waals surface area contributed by atoms with Gasteiger partial charge in [0.2, 0.25) is 6.29 Å². The number of likely N-dealkylation sites (N-methyl/N-ethyl adjacent to an activating group) is 1. The van der Waals surface area contributed by atoms with E-state index in [-0.39, 0.29) is 0 Å². The average molecular weight is 397 g/mol. The monoisotopic (exact) mass is 396 g/mol. The number of nitrogens with one attached hydrogen (secondary N) is 1. The molecule has 1 aromatic heterocycles. The molecule has 0 aliphatic rings. The summed E-state index contributed by atoms with van der Waals surface area (Å²) in [4.78, 5) is 7.20. The van der Waals surface area contributed by atoms with E-state index in [4.69, 9.17) is 0 Å². The number of unbranched alkanes of at least 4 members (excludes halogenated alkanes) is 13. The predicted molar refractivity (Wildman–Crippen MR) is 117 cm³/mol. The molecule has 1 rings (SSSR count). The third kappa shape index (κ3) is 13.3. The van der Waals surface area contributed by atoms with Crippen LogP contribution >= 0.6 is 0 Å². The number of aromatic nitrogens is 2. The van der Waals surface area contributed by atoms with Crippen LogP contribution in [0.1, 0.15) is 103 Å². The van der Waals surface area contributed by atoms with Crippen molar-refractivity contribution < 1.29 is 14.7 Å². The first kappa shape index (κ1) is 25.1. The van der Waals surface area contributed by atoms with Crippen molar-refractivity contribution in [3.05, 3.63) is 18.2 Å². The van der Waals surface area contributed by atoms with Crippen LogP contribution in [0.25, 0.3) is 0 Å². The van der Waals surface area contributed by atoms with Crippen molar-refractivity contribution in [1.82, 2.24) is 9.97 Å². The Morgan fingerprint density at radius 3 is 1.79 bits per heavy atom. The molecule has 0 fully saturated rings. The SMILES string of the molecule is CCCCCCCCCCCCCCCC[N+](C)(Cc1cnc[nH]1)CC(O)O. The molecule has 1 heterocycles. The Morgan fingerprint density at radius 2 is 1.36 bits per heavy atom. The van der Waals surface area contributed by atoms with Crippen LogP contribution in [-0.4, -0.2) is 51.1 Å². The van der Waals surface area contributed by atoms with Crippen LogP contribution in [0.2, 0.25) is 0 Å². The van der Waals surface area contributed by atoms with Gasteiger partial charge in [-0.15, -0.1) is 0 Å². The highest BCUT2D eigenvalue weighted by molar-refractivity contribution is 4.91. The smallest absolute Gasteiger partial charge is 0.202 e. The fourth-order valence-corrected chi connectivity index (χ4v) is 4.10. The zero-order valence-corrected chi connectivity index (χ0v) is 18.5. The molecule has 1 unspecified atom stereocenters. The minimum Gasteiger partial charge on any atom is -0.364 e. The van der Waals surface area contributed by atoms with Gasteiger partial charge in [-0.05, 0) is 12.8 Å². The zero-order valence-electron chi connectivity index (χ0n) is 18.5. The van der Waals surface area contributed by atoms with Gasteiger partial charge in [0, 0.05) is 0 Å². The van der Waals surface area contributed by atoms with E-state index in [0.29, 0.717) is 11.0 Å². The van der Waals surface area contributed by atoms with Gasteiger partial charge in [0.25, 0.3) is 0 Å². The first-order chi connectivity index (χ1) is 13.6. The Kier molecular flexibility index (Phi) is 14.3. The number of aliphatic hydroxyl groups is 2. The van der Waals surface area contributed by atoms with E-state index in [1.165, 1.54) is 83.5 Å². The van der Waals surface area contributed by atoms with Gasteiger partial charge in [-0.1, -0.05) is 84.0 Å². The van der Waals surface area contributed by atoms with Gasteiger partial charge in [-0.25, -0.2) is 4.98 Å². The Morgan fingerprint density at radius 1 is 0.857 bits per heavy atom. The molecule has 5 nitrogen and oxygen atoms in total. The van der Waals surface area contributed by atoms with E-state index in [9.17, 15) is 10.2 Å². The predicted octanol–water partition coefficient (Wildman–Crippen LogP) is 5.15. The summed E-state index contributed by atoms with van der Waals surface area (Å²) in [7, 11) is 2.10. The van der Waals surface area contributed by atoms with E-state index in [1.54, 1.807) is 6.33 Å². The number of H-pyrrole nitrogens is 1. The lowest BCUT2D eigenvalue weighted by atomic mass is 10.0. The highest BCUT2D eigenvalue weighted by Crippen LogP contribution is 2.16. The summed E-state index contributed by atoms with van der Waals surface area (Å²) in [6.07, 6.45) is 21.3. The maximum absolute atomic E-state index is 9.45. The summed E-state index contributed by atoms with van der Waals surface area (Å²) in [5.74, 6) is 0. The third-order valence-corrected chi connectivity index (χ3v) is 5.76. The van der Waals surface area contributed by atoms with Gasteiger partial charge in [-0.2, -0.15) is 0 Å². The average Bonchev–Trinajstić information content (AvgIpc) is 3.14. The summed E-state index contributed by atoms with van der Waals surface area (Å²) in [5, 5.41) is 18.9. The maximum atomic E-state index is 9.45. The molecule has 0 amide bonds. The molecule has 1 aromatic rings. The topological polar surface area (TPSA) is 69.1 Å². The summed E-state index contributed by atoms with van der Waals surface area (Å²) in [6, 6.07) is 0. The third-order valence-electron chi connectivity index (χ3n) is 5.76. The Hall–Kier alpha value is -0.910. The highest BCUT2D eigenvalue weighted by Gasteiger charge is 2.25. The largest absolute Gasteiger partial charge is 0.364 e.